The van der Waals surface area contributed by atoms with Crippen molar-refractivity contribution in [2.45, 2.75) is 33.1 Å². The zero-order valence-electron chi connectivity index (χ0n) is 12.4. The monoisotopic (exact) mass is 268 g/mol. The minimum absolute atomic E-state index is 0.0199. The van der Waals surface area contributed by atoms with E-state index in [1.807, 2.05) is 24.3 Å². The second-order valence-corrected chi connectivity index (χ2v) is 6.16. The second-order valence-electron chi connectivity index (χ2n) is 6.16. The molecule has 2 heteroatoms. The molecule has 0 aliphatic carbocycles. The quantitative estimate of drug-likeness (QED) is 0.828. The van der Waals surface area contributed by atoms with E-state index in [9.17, 15) is 9.90 Å². The van der Waals surface area contributed by atoms with E-state index in [0.717, 1.165) is 0 Å². The average Bonchev–Trinajstić information content (AvgIpc) is 2.40. The summed E-state index contributed by atoms with van der Waals surface area (Å²) >= 11 is 0. The van der Waals surface area contributed by atoms with Gasteiger partial charge in [-0.05, 0) is 41.7 Å². The van der Waals surface area contributed by atoms with Gasteiger partial charge in [-0.1, -0.05) is 45.0 Å². The van der Waals surface area contributed by atoms with Crippen LogP contribution in [0, 0.1) is 6.92 Å². The minimum Gasteiger partial charge on any atom is -0.508 e. The van der Waals surface area contributed by atoms with Crippen molar-refractivity contribution in [1.29, 1.82) is 0 Å². The number of phenolic OH excluding ortho intramolecular Hbond substituents is 1. The van der Waals surface area contributed by atoms with Crippen LogP contribution in [-0.2, 0) is 5.41 Å². The molecule has 0 fully saturated rings. The summed E-state index contributed by atoms with van der Waals surface area (Å²) in [4.78, 5) is 12.4. The number of hydrogen-bond donors (Lipinski definition) is 1. The molecule has 0 bridgehead atoms. The Kier molecular flexibility index (Phi) is 3.67. The van der Waals surface area contributed by atoms with Crippen molar-refractivity contribution in [1.82, 2.24) is 0 Å². The molecule has 0 saturated heterocycles. The second kappa shape index (κ2) is 5.12. The highest BCUT2D eigenvalue weighted by atomic mass is 16.3. The van der Waals surface area contributed by atoms with Crippen LogP contribution in [0.15, 0.2) is 42.5 Å². The summed E-state index contributed by atoms with van der Waals surface area (Å²) in [7, 11) is 0. The maximum Gasteiger partial charge on any atom is 0.193 e. The molecule has 0 atom stereocenters. The molecule has 0 heterocycles. The molecule has 0 saturated carbocycles. The zero-order chi connectivity index (χ0) is 14.9. The van der Waals surface area contributed by atoms with E-state index in [-0.39, 0.29) is 16.9 Å². The number of carbonyl (C=O) groups excluding carboxylic acids is 1. The Hall–Kier alpha value is -2.09. The smallest absolute Gasteiger partial charge is 0.193 e. The molecule has 104 valence electrons. The van der Waals surface area contributed by atoms with Crippen LogP contribution in [0.2, 0.25) is 0 Å². The van der Waals surface area contributed by atoms with Crippen LogP contribution in [0.5, 0.6) is 5.75 Å². The van der Waals surface area contributed by atoms with Gasteiger partial charge in [0.1, 0.15) is 5.75 Å². The van der Waals surface area contributed by atoms with Crippen molar-refractivity contribution in [3.63, 3.8) is 0 Å². The van der Waals surface area contributed by atoms with Gasteiger partial charge in [-0.3, -0.25) is 4.79 Å². The number of hydrogen-bond acceptors (Lipinski definition) is 2. The van der Waals surface area contributed by atoms with E-state index >= 15 is 0 Å². The molecule has 0 aromatic heterocycles. The maximum atomic E-state index is 12.4. The Balaban J connectivity index is 2.31. The van der Waals surface area contributed by atoms with Crippen LogP contribution in [0.1, 0.15) is 47.8 Å². The van der Waals surface area contributed by atoms with E-state index in [1.54, 1.807) is 25.1 Å². The lowest BCUT2D eigenvalue weighted by molar-refractivity contribution is 0.103. The van der Waals surface area contributed by atoms with Crippen LogP contribution >= 0.6 is 0 Å². The highest BCUT2D eigenvalue weighted by molar-refractivity contribution is 6.09. The molecule has 0 aliphatic rings. The van der Waals surface area contributed by atoms with Gasteiger partial charge in [0.05, 0.1) is 0 Å². The van der Waals surface area contributed by atoms with E-state index < -0.39 is 0 Å². The summed E-state index contributed by atoms with van der Waals surface area (Å²) in [5.41, 5.74) is 3.27. The fourth-order valence-corrected chi connectivity index (χ4v) is 2.08. The average molecular weight is 268 g/mol. The molecule has 0 radical (unpaired) electrons. The minimum atomic E-state index is -0.0199. The molecule has 2 rings (SSSR count). The van der Waals surface area contributed by atoms with Gasteiger partial charge in [-0.2, -0.15) is 0 Å². The Morgan fingerprint density at radius 3 is 2.00 bits per heavy atom. The van der Waals surface area contributed by atoms with E-state index in [0.29, 0.717) is 16.7 Å². The van der Waals surface area contributed by atoms with Crippen LogP contribution in [-0.4, -0.2) is 10.9 Å². The standard InChI is InChI=1S/C18H20O2/c1-12-11-14(7-10-16(12)19)17(20)13-5-8-15(9-6-13)18(2,3)4/h5-11,19H,1-4H3. The van der Waals surface area contributed by atoms with E-state index in [4.69, 9.17) is 0 Å². The van der Waals surface area contributed by atoms with E-state index in [1.165, 1.54) is 5.56 Å². The van der Waals surface area contributed by atoms with Crippen LogP contribution in [0.4, 0.5) is 0 Å². The number of rotatable bonds is 2. The van der Waals surface area contributed by atoms with Crippen molar-refractivity contribution < 1.29 is 9.90 Å². The number of carbonyl (C=O) groups is 1. The van der Waals surface area contributed by atoms with Crippen LogP contribution < -0.4 is 0 Å². The topological polar surface area (TPSA) is 37.3 Å². The Morgan fingerprint density at radius 1 is 0.950 bits per heavy atom. The molecular weight excluding hydrogens is 248 g/mol. The van der Waals surface area contributed by atoms with Crippen molar-refractivity contribution >= 4 is 5.78 Å². The third-order valence-corrected chi connectivity index (χ3v) is 3.47. The Labute approximate surface area is 120 Å². The normalized spacial score (nSPS) is 11.4. The summed E-state index contributed by atoms with van der Waals surface area (Å²) in [5.74, 6) is 0.193. The molecular formula is C18H20O2. The van der Waals surface area contributed by atoms with Crippen molar-refractivity contribution in [3.05, 3.63) is 64.7 Å². The fraction of sp³-hybridized carbons (Fsp3) is 0.278. The SMILES string of the molecule is Cc1cc(C(=O)c2ccc(C(C)(C)C)cc2)ccc1O. The number of aromatic hydroxyl groups is 1. The molecule has 1 N–H and O–H groups in total. The van der Waals surface area contributed by atoms with Crippen LogP contribution in [0.3, 0.4) is 0 Å². The molecule has 0 amide bonds. The summed E-state index contributed by atoms with van der Waals surface area (Å²) < 4.78 is 0. The fourth-order valence-electron chi connectivity index (χ4n) is 2.08. The van der Waals surface area contributed by atoms with Crippen molar-refractivity contribution in [2.75, 3.05) is 0 Å². The molecule has 20 heavy (non-hydrogen) atoms. The lowest BCUT2D eigenvalue weighted by Crippen LogP contribution is -2.11. The molecule has 2 nitrogen and oxygen atoms in total. The number of benzene rings is 2. The van der Waals surface area contributed by atoms with Gasteiger partial charge < -0.3 is 5.11 Å². The number of aryl methyl sites for hydroxylation is 1. The zero-order valence-corrected chi connectivity index (χ0v) is 12.4. The molecule has 0 unspecified atom stereocenters. The Morgan fingerprint density at radius 2 is 1.50 bits per heavy atom. The third-order valence-electron chi connectivity index (χ3n) is 3.47. The lowest BCUT2D eigenvalue weighted by Gasteiger charge is -2.19. The number of phenols is 1. The van der Waals surface area contributed by atoms with Gasteiger partial charge in [0.15, 0.2) is 5.78 Å². The molecule has 0 spiro atoms. The lowest BCUT2D eigenvalue weighted by atomic mass is 9.86. The molecule has 2 aromatic carbocycles. The highest BCUT2D eigenvalue weighted by Gasteiger charge is 2.15. The summed E-state index contributed by atoms with van der Waals surface area (Å²) in [6.07, 6.45) is 0. The summed E-state index contributed by atoms with van der Waals surface area (Å²) in [6.45, 7) is 8.22. The maximum absolute atomic E-state index is 12.4. The number of ketones is 1. The molecule has 0 aliphatic heterocycles. The first-order valence-corrected chi connectivity index (χ1v) is 6.74. The van der Waals surface area contributed by atoms with Gasteiger partial charge >= 0.3 is 0 Å². The van der Waals surface area contributed by atoms with Crippen molar-refractivity contribution in [2.24, 2.45) is 0 Å². The first-order valence-electron chi connectivity index (χ1n) is 6.74. The van der Waals surface area contributed by atoms with Crippen molar-refractivity contribution in [3.8, 4) is 5.75 Å². The van der Waals surface area contributed by atoms with Gasteiger partial charge in [-0.15, -0.1) is 0 Å². The predicted octanol–water partition coefficient (Wildman–Crippen LogP) is 4.23. The largest absolute Gasteiger partial charge is 0.508 e. The Bertz CT molecular complexity index is 631. The van der Waals surface area contributed by atoms with Gasteiger partial charge in [-0.25, -0.2) is 0 Å². The predicted molar refractivity (Wildman–Crippen MR) is 81.4 cm³/mol. The van der Waals surface area contributed by atoms with E-state index in [2.05, 4.69) is 20.8 Å². The summed E-state index contributed by atoms with van der Waals surface area (Å²) in [5, 5.41) is 9.51. The molecule has 2 aromatic rings. The van der Waals surface area contributed by atoms with Gasteiger partial charge in [0, 0.05) is 11.1 Å². The first-order chi connectivity index (χ1) is 9.29. The van der Waals surface area contributed by atoms with Gasteiger partial charge in [0.25, 0.3) is 0 Å². The van der Waals surface area contributed by atoms with Gasteiger partial charge in [0.2, 0.25) is 0 Å². The first kappa shape index (κ1) is 14.3. The third kappa shape index (κ3) is 2.90. The van der Waals surface area contributed by atoms with Crippen LogP contribution in [0.25, 0.3) is 0 Å². The highest BCUT2D eigenvalue weighted by Crippen LogP contribution is 2.24. The summed E-state index contributed by atoms with van der Waals surface area (Å²) in [6, 6.07) is 12.7.